The van der Waals surface area contributed by atoms with Crippen LogP contribution in [0.5, 0.6) is 0 Å². The molecule has 1 aromatic carbocycles. The van der Waals surface area contributed by atoms with Crippen molar-refractivity contribution in [1.29, 1.82) is 5.26 Å². The van der Waals surface area contributed by atoms with Crippen LogP contribution in [0.15, 0.2) is 16.9 Å². The molecular formula is C18H19F2N5O2. The number of nitrogens with zero attached hydrogens (tertiary/aromatic N) is 2. The third kappa shape index (κ3) is 4.11. The summed E-state index contributed by atoms with van der Waals surface area (Å²) < 4.78 is 27.2. The predicted molar refractivity (Wildman–Crippen MR) is 93.7 cm³/mol. The highest BCUT2D eigenvalue weighted by Crippen LogP contribution is 2.17. The van der Waals surface area contributed by atoms with E-state index in [9.17, 15) is 18.4 Å². The number of benzene rings is 1. The smallest absolute Gasteiger partial charge is 0.270 e. The van der Waals surface area contributed by atoms with Crippen molar-refractivity contribution in [3.05, 3.63) is 39.8 Å². The molecule has 0 aliphatic carbocycles. The zero-order valence-corrected chi connectivity index (χ0v) is 14.7. The average Bonchev–Trinajstić information content (AvgIpc) is 2.66. The Hall–Kier alpha value is -2.86. The maximum absolute atomic E-state index is 13.9. The van der Waals surface area contributed by atoms with Gasteiger partial charge in [0.05, 0.1) is 23.9 Å². The Morgan fingerprint density at radius 3 is 2.89 bits per heavy atom. The lowest BCUT2D eigenvalue weighted by molar-refractivity contribution is -0.121. The summed E-state index contributed by atoms with van der Waals surface area (Å²) in [5.41, 5.74) is -1.06. The molecule has 2 unspecified atom stereocenters. The van der Waals surface area contributed by atoms with E-state index in [-0.39, 0.29) is 41.1 Å². The summed E-state index contributed by atoms with van der Waals surface area (Å²) in [4.78, 5) is 30.6. The van der Waals surface area contributed by atoms with Crippen LogP contribution in [0, 0.1) is 28.9 Å². The Morgan fingerprint density at radius 2 is 2.22 bits per heavy atom. The number of aromatic nitrogens is 2. The highest BCUT2D eigenvalue weighted by atomic mass is 19.2. The van der Waals surface area contributed by atoms with Crippen LogP contribution >= 0.6 is 0 Å². The number of hydrogen-bond acceptors (Lipinski definition) is 5. The van der Waals surface area contributed by atoms with E-state index in [2.05, 4.69) is 26.7 Å². The van der Waals surface area contributed by atoms with Gasteiger partial charge in [-0.05, 0) is 31.9 Å². The summed E-state index contributed by atoms with van der Waals surface area (Å²) in [6.45, 7) is 2.40. The molecule has 9 heteroatoms. The van der Waals surface area contributed by atoms with Crippen molar-refractivity contribution in [2.45, 2.75) is 38.3 Å². The number of halogens is 2. The SMILES string of the molecule is C[C@H](NC(=O)Cc1nc2c(F)c(F)ccc2[nH]c1=O)C1CCC(C#N)CN1. The second-order valence-electron chi connectivity index (χ2n) is 6.72. The molecular weight excluding hydrogens is 356 g/mol. The van der Waals surface area contributed by atoms with Crippen LogP contribution in [0.1, 0.15) is 25.5 Å². The number of fused-ring (bicyclic) bond motifs is 1. The van der Waals surface area contributed by atoms with Crippen LogP contribution in [0.2, 0.25) is 0 Å². The molecule has 2 aromatic rings. The van der Waals surface area contributed by atoms with Gasteiger partial charge in [-0.15, -0.1) is 0 Å². The largest absolute Gasteiger partial charge is 0.352 e. The number of carbonyl (C=O) groups is 1. The number of aromatic amines is 1. The minimum absolute atomic E-state index is 0.0212. The Bertz CT molecular complexity index is 961. The summed E-state index contributed by atoms with van der Waals surface area (Å²) in [5, 5.41) is 14.9. The van der Waals surface area contributed by atoms with Gasteiger partial charge in [-0.2, -0.15) is 5.26 Å². The molecule has 3 rings (SSSR count). The van der Waals surface area contributed by atoms with Gasteiger partial charge in [-0.25, -0.2) is 13.8 Å². The lowest BCUT2D eigenvalue weighted by Gasteiger charge is -2.31. The van der Waals surface area contributed by atoms with E-state index in [4.69, 9.17) is 5.26 Å². The standard InChI is InChI=1S/C18H19F2N5O2/c1-9(12-4-2-10(7-21)8-22-12)23-15(26)6-14-18(27)25-13-5-3-11(19)16(20)17(13)24-14/h3,5,9-10,12,22H,2,4,6,8H2,1H3,(H,23,26)(H,25,27)/t9-,10?,12?/m0/s1. The van der Waals surface area contributed by atoms with Crippen molar-refractivity contribution in [3.8, 4) is 6.07 Å². The van der Waals surface area contributed by atoms with E-state index < -0.39 is 23.1 Å². The molecule has 3 N–H and O–H groups in total. The molecule has 3 atom stereocenters. The first kappa shape index (κ1) is 18.9. The molecule has 1 aromatic heterocycles. The number of nitrogens with one attached hydrogen (secondary N) is 3. The molecule has 0 spiro atoms. The number of hydrogen-bond donors (Lipinski definition) is 3. The number of piperidine rings is 1. The van der Waals surface area contributed by atoms with Gasteiger partial charge in [0.1, 0.15) is 11.2 Å². The Morgan fingerprint density at radius 1 is 1.44 bits per heavy atom. The van der Waals surface area contributed by atoms with Gasteiger partial charge in [0.25, 0.3) is 5.56 Å². The molecule has 1 aliphatic heterocycles. The molecule has 1 aliphatic rings. The Labute approximate surface area is 153 Å². The van der Waals surface area contributed by atoms with Gasteiger partial charge in [0.15, 0.2) is 11.6 Å². The minimum Gasteiger partial charge on any atom is -0.352 e. The van der Waals surface area contributed by atoms with Crippen LogP contribution in [0.3, 0.4) is 0 Å². The zero-order valence-electron chi connectivity index (χ0n) is 14.7. The lowest BCUT2D eigenvalue weighted by Crippen LogP contribution is -2.52. The maximum atomic E-state index is 13.9. The molecule has 1 fully saturated rings. The quantitative estimate of drug-likeness (QED) is 0.742. The molecule has 7 nitrogen and oxygen atoms in total. The first-order valence-corrected chi connectivity index (χ1v) is 8.68. The van der Waals surface area contributed by atoms with Crippen LogP contribution in [0.25, 0.3) is 11.0 Å². The monoisotopic (exact) mass is 375 g/mol. The Balaban J connectivity index is 1.69. The normalized spacial score (nSPS) is 20.8. The van der Waals surface area contributed by atoms with Crippen LogP contribution in [-0.2, 0) is 11.2 Å². The van der Waals surface area contributed by atoms with Crippen LogP contribution in [-0.4, -0.2) is 34.5 Å². The summed E-state index contributed by atoms with van der Waals surface area (Å²) in [6.07, 6.45) is 1.16. The molecule has 142 valence electrons. The molecule has 0 bridgehead atoms. The Kier molecular flexibility index (Phi) is 5.46. The predicted octanol–water partition coefficient (Wildman–Crippen LogP) is 1.14. The van der Waals surface area contributed by atoms with Crippen molar-refractivity contribution >= 4 is 16.9 Å². The highest BCUT2D eigenvalue weighted by molar-refractivity contribution is 5.80. The van der Waals surface area contributed by atoms with Gasteiger partial charge in [-0.3, -0.25) is 9.59 Å². The van der Waals surface area contributed by atoms with Gasteiger partial charge >= 0.3 is 0 Å². The summed E-state index contributed by atoms with van der Waals surface area (Å²) in [5.74, 6) is -2.72. The summed E-state index contributed by atoms with van der Waals surface area (Å²) in [6, 6.07) is 4.14. The molecule has 1 amide bonds. The minimum atomic E-state index is -1.17. The zero-order chi connectivity index (χ0) is 19.6. The molecule has 0 saturated carbocycles. The fourth-order valence-electron chi connectivity index (χ4n) is 3.22. The van der Waals surface area contributed by atoms with E-state index >= 15 is 0 Å². The van der Waals surface area contributed by atoms with Gasteiger partial charge in [0.2, 0.25) is 5.91 Å². The van der Waals surface area contributed by atoms with Crippen molar-refractivity contribution < 1.29 is 13.6 Å². The fraction of sp³-hybridized carbons (Fsp3) is 0.444. The van der Waals surface area contributed by atoms with E-state index in [1.165, 1.54) is 6.07 Å². The molecule has 2 heterocycles. The highest BCUT2D eigenvalue weighted by Gasteiger charge is 2.25. The van der Waals surface area contributed by atoms with E-state index in [1.54, 1.807) is 0 Å². The molecule has 0 radical (unpaired) electrons. The number of nitriles is 1. The second-order valence-corrected chi connectivity index (χ2v) is 6.72. The summed E-state index contributed by atoms with van der Waals surface area (Å²) in [7, 11) is 0. The lowest BCUT2D eigenvalue weighted by atomic mass is 9.92. The number of H-pyrrole nitrogens is 1. The van der Waals surface area contributed by atoms with E-state index in [0.717, 1.165) is 18.9 Å². The van der Waals surface area contributed by atoms with E-state index in [1.807, 2.05) is 6.92 Å². The van der Waals surface area contributed by atoms with Gasteiger partial charge in [-0.1, -0.05) is 0 Å². The maximum Gasteiger partial charge on any atom is 0.270 e. The fourth-order valence-corrected chi connectivity index (χ4v) is 3.22. The van der Waals surface area contributed by atoms with Crippen molar-refractivity contribution in [2.24, 2.45) is 5.92 Å². The third-order valence-electron chi connectivity index (χ3n) is 4.78. The summed E-state index contributed by atoms with van der Waals surface area (Å²) >= 11 is 0. The second kappa shape index (κ2) is 7.80. The van der Waals surface area contributed by atoms with Crippen molar-refractivity contribution in [2.75, 3.05) is 6.54 Å². The molecule has 1 saturated heterocycles. The number of rotatable bonds is 4. The van der Waals surface area contributed by atoms with Crippen molar-refractivity contribution in [1.82, 2.24) is 20.6 Å². The first-order chi connectivity index (χ1) is 12.9. The van der Waals surface area contributed by atoms with E-state index in [0.29, 0.717) is 6.54 Å². The van der Waals surface area contributed by atoms with Crippen molar-refractivity contribution in [3.63, 3.8) is 0 Å². The van der Waals surface area contributed by atoms with Crippen LogP contribution in [0.4, 0.5) is 8.78 Å². The number of carbonyl (C=O) groups excluding carboxylic acids is 1. The van der Waals surface area contributed by atoms with Gasteiger partial charge in [0, 0.05) is 18.6 Å². The average molecular weight is 375 g/mol. The first-order valence-electron chi connectivity index (χ1n) is 8.68. The number of amides is 1. The van der Waals surface area contributed by atoms with Gasteiger partial charge < -0.3 is 15.6 Å². The van der Waals surface area contributed by atoms with Crippen LogP contribution < -0.4 is 16.2 Å². The topological polar surface area (TPSA) is 111 Å². The third-order valence-corrected chi connectivity index (χ3v) is 4.78. The molecule has 27 heavy (non-hydrogen) atoms.